The summed E-state index contributed by atoms with van der Waals surface area (Å²) in [5.41, 5.74) is 1.60. The Morgan fingerprint density at radius 2 is 1.72 bits per heavy atom. The van der Waals surface area contributed by atoms with Crippen molar-refractivity contribution < 1.29 is 23.9 Å². The molecule has 1 aromatic carbocycles. The van der Waals surface area contributed by atoms with Crippen molar-refractivity contribution in [2.75, 3.05) is 35.2 Å². The number of nitrogens with zero attached hydrogens (tertiary/aromatic N) is 4. The SMILES string of the molecule is CCN(C(=O)Oc1ccc(NC(=O)c2ccc(C)nc2N2CCC(C)CC2)cc1-c1csc(NC(=O)OC(C)(C)C)n1)C(C)(C)C. The van der Waals surface area contributed by atoms with Gasteiger partial charge in [0.2, 0.25) is 0 Å². The second-order valence-corrected chi connectivity index (χ2v) is 14.5. The van der Waals surface area contributed by atoms with E-state index in [0.717, 1.165) is 31.6 Å². The van der Waals surface area contributed by atoms with Gasteiger partial charge in [-0.1, -0.05) is 6.92 Å². The third-order valence-corrected chi connectivity index (χ3v) is 8.27. The molecule has 1 aliphatic rings. The number of amides is 3. The molecule has 1 fully saturated rings. The molecule has 3 aromatic rings. The number of pyridine rings is 1. The molecule has 0 aliphatic carbocycles. The number of hydrogen-bond acceptors (Lipinski definition) is 9. The van der Waals surface area contributed by atoms with Crippen molar-refractivity contribution in [2.24, 2.45) is 5.92 Å². The molecule has 4 rings (SSSR count). The van der Waals surface area contributed by atoms with Crippen LogP contribution in [0, 0.1) is 12.8 Å². The van der Waals surface area contributed by atoms with Crippen LogP contribution < -0.4 is 20.3 Å². The number of carbonyl (C=O) groups excluding carboxylic acids is 3. The lowest BCUT2D eigenvalue weighted by atomic mass is 9.99. The van der Waals surface area contributed by atoms with E-state index in [-0.39, 0.29) is 11.7 Å². The van der Waals surface area contributed by atoms with Gasteiger partial charge in [-0.25, -0.2) is 19.6 Å². The fourth-order valence-electron chi connectivity index (χ4n) is 5.15. The molecule has 2 aromatic heterocycles. The topological polar surface area (TPSA) is 126 Å². The van der Waals surface area contributed by atoms with E-state index >= 15 is 0 Å². The van der Waals surface area contributed by atoms with E-state index in [1.807, 2.05) is 46.8 Å². The number of nitrogens with one attached hydrogen (secondary N) is 2. The minimum absolute atomic E-state index is 0.264. The average Bonchev–Trinajstić information content (AvgIpc) is 3.40. The lowest BCUT2D eigenvalue weighted by molar-refractivity contribution is 0.0635. The van der Waals surface area contributed by atoms with Gasteiger partial charge in [-0.2, -0.15) is 0 Å². The number of benzene rings is 1. The van der Waals surface area contributed by atoms with Crippen molar-refractivity contribution >= 4 is 46.1 Å². The molecule has 1 saturated heterocycles. The highest BCUT2D eigenvalue weighted by Gasteiger charge is 2.28. The molecule has 3 heterocycles. The van der Waals surface area contributed by atoms with E-state index in [1.165, 1.54) is 11.3 Å². The summed E-state index contributed by atoms with van der Waals surface area (Å²) < 4.78 is 11.3. The van der Waals surface area contributed by atoms with Crippen molar-refractivity contribution in [1.29, 1.82) is 0 Å². The second kappa shape index (κ2) is 14.1. The zero-order chi connectivity index (χ0) is 33.8. The minimum atomic E-state index is -0.671. The number of aromatic nitrogens is 2. The van der Waals surface area contributed by atoms with Gasteiger partial charge < -0.3 is 24.6 Å². The van der Waals surface area contributed by atoms with Crippen LogP contribution in [-0.2, 0) is 4.74 Å². The fourth-order valence-corrected chi connectivity index (χ4v) is 5.85. The molecule has 3 amide bonds. The zero-order valence-electron chi connectivity index (χ0n) is 28.3. The Labute approximate surface area is 275 Å². The van der Waals surface area contributed by atoms with Gasteiger partial charge >= 0.3 is 12.2 Å². The molecule has 12 heteroatoms. The number of aryl methyl sites for hydroxylation is 1. The Hall–Kier alpha value is -4.19. The normalized spacial score (nSPS) is 14.1. The van der Waals surface area contributed by atoms with E-state index in [2.05, 4.69) is 27.4 Å². The van der Waals surface area contributed by atoms with Crippen molar-refractivity contribution in [1.82, 2.24) is 14.9 Å². The van der Waals surface area contributed by atoms with Gasteiger partial charge in [0.1, 0.15) is 17.2 Å². The number of piperidine rings is 1. The number of thiazole rings is 1. The van der Waals surface area contributed by atoms with E-state index in [1.54, 1.807) is 49.3 Å². The monoisotopic (exact) mass is 650 g/mol. The molecule has 0 spiro atoms. The summed E-state index contributed by atoms with van der Waals surface area (Å²) >= 11 is 1.20. The molecule has 2 N–H and O–H groups in total. The second-order valence-electron chi connectivity index (χ2n) is 13.6. The Morgan fingerprint density at radius 1 is 1.02 bits per heavy atom. The first kappa shape index (κ1) is 34.7. The van der Waals surface area contributed by atoms with Gasteiger partial charge in [-0.15, -0.1) is 11.3 Å². The van der Waals surface area contributed by atoms with Gasteiger partial charge in [0.05, 0.1) is 11.3 Å². The van der Waals surface area contributed by atoms with Crippen LogP contribution in [0.1, 0.15) is 84.3 Å². The summed E-state index contributed by atoms with van der Waals surface area (Å²) in [7, 11) is 0. The van der Waals surface area contributed by atoms with Crippen LogP contribution in [-0.4, -0.2) is 63.7 Å². The molecule has 11 nitrogen and oxygen atoms in total. The zero-order valence-corrected chi connectivity index (χ0v) is 29.1. The molecule has 248 valence electrons. The highest BCUT2D eigenvalue weighted by Crippen LogP contribution is 2.36. The summed E-state index contributed by atoms with van der Waals surface area (Å²) in [4.78, 5) is 52.5. The van der Waals surface area contributed by atoms with Gasteiger partial charge in [-0.05, 0) is 104 Å². The molecule has 0 bridgehead atoms. The van der Waals surface area contributed by atoms with Crippen LogP contribution in [0.25, 0.3) is 11.3 Å². The lowest BCUT2D eigenvalue weighted by Crippen LogP contribution is -2.46. The quantitative estimate of drug-likeness (QED) is 0.264. The maximum atomic E-state index is 13.7. The van der Waals surface area contributed by atoms with Crippen LogP contribution in [0.4, 0.5) is 26.2 Å². The third kappa shape index (κ3) is 8.96. The summed E-state index contributed by atoms with van der Waals surface area (Å²) in [6.45, 7) is 19.3. The predicted octanol–water partition coefficient (Wildman–Crippen LogP) is 7.97. The highest BCUT2D eigenvalue weighted by molar-refractivity contribution is 7.14. The molecule has 0 atom stereocenters. The van der Waals surface area contributed by atoms with Crippen molar-refractivity contribution in [3.63, 3.8) is 0 Å². The maximum absolute atomic E-state index is 13.7. The molecular formula is C34H46N6O5S. The van der Waals surface area contributed by atoms with E-state index in [4.69, 9.17) is 14.5 Å². The molecule has 0 radical (unpaired) electrons. The Kier molecular flexibility index (Phi) is 10.6. The van der Waals surface area contributed by atoms with E-state index < -0.39 is 23.3 Å². The smallest absolute Gasteiger partial charge is 0.415 e. The molecule has 0 unspecified atom stereocenters. The number of hydrogen-bond donors (Lipinski definition) is 2. The molecule has 0 saturated carbocycles. The van der Waals surface area contributed by atoms with E-state index in [0.29, 0.717) is 45.9 Å². The van der Waals surface area contributed by atoms with Crippen LogP contribution >= 0.6 is 11.3 Å². The van der Waals surface area contributed by atoms with Gasteiger partial charge in [0, 0.05) is 47.5 Å². The first-order chi connectivity index (χ1) is 21.5. The number of ether oxygens (including phenoxy) is 2. The summed E-state index contributed by atoms with van der Waals surface area (Å²) in [5, 5.41) is 7.72. The largest absolute Gasteiger partial charge is 0.444 e. The van der Waals surface area contributed by atoms with Gasteiger partial charge in [0.25, 0.3) is 5.91 Å². The van der Waals surface area contributed by atoms with Crippen LogP contribution in [0.2, 0.25) is 0 Å². The van der Waals surface area contributed by atoms with Crippen molar-refractivity contribution in [2.45, 2.75) is 86.3 Å². The summed E-state index contributed by atoms with van der Waals surface area (Å²) in [5.74, 6) is 1.28. The van der Waals surface area contributed by atoms with E-state index in [9.17, 15) is 14.4 Å². The van der Waals surface area contributed by atoms with Crippen LogP contribution in [0.5, 0.6) is 5.75 Å². The van der Waals surface area contributed by atoms with Gasteiger partial charge in [0.15, 0.2) is 5.13 Å². The first-order valence-electron chi connectivity index (χ1n) is 15.7. The standard InChI is InChI=1S/C34H46N6O5S/c1-10-40(33(4,5)6)32(43)44-27-14-12-23(19-25(27)26-20-46-30(37-26)38-31(42)45-34(7,8)9)36-29(41)24-13-11-22(3)35-28(24)39-17-15-21(2)16-18-39/h11-14,19-21H,10,15-18H2,1-9H3,(H,36,41)(H,37,38,42). The Morgan fingerprint density at radius 3 is 2.35 bits per heavy atom. The average molecular weight is 651 g/mol. The summed E-state index contributed by atoms with van der Waals surface area (Å²) in [6, 6.07) is 8.68. The molecule has 46 heavy (non-hydrogen) atoms. The lowest BCUT2D eigenvalue weighted by Gasteiger charge is -2.33. The summed E-state index contributed by atoms with van der Waals surface area (Å²) in [6.07, 6.45) is 0.948. The minimum Gasteiger partial charge on any atom is -0.444 e. The van der Waals surface area contributed by atoms with Crippen molar-refractivity contribution in [3.05, 3.63) is 47.0 Å². The molecular weight excluding hydrogens is 604 g/mol. The maximum Gasteiger partial charge on any atom is 0.415 e. The molecule has 1 aliphatic heterocycles. The Bertz CT molecular complexity index is 1570. The third-order valence-electron chi connectivity index (χ3n) is 7.51. The van der Waals surface area contributed by atoms with Crippen LogP contribution in [0.3, 0.4) is 0 Å². The van der Waals surface area contributed by atoms with Crippen molar-refractivity contribution in [3.8, 4) is 17.0 Å². The van der Waals surface area contributed by atoms with Crippen LogP contribution in [0.15, 0.2) is 35.7 Å². The predicted molar refractivity (Wildman–Crippen MR) is 183 cm³/mol. The first-order valence-corrected chi connectivity index (χ1v) is 16.6. The highest BCUT2D eigenvalue weighted by atomic mass is 32.1. The number of anilines is 3. The fraction of sp³-hybridized carbons (Fsp3) is 0.500. The Balaban J connectivity index is 1.66. The number of carbonyl (C=O) groups is 3. The number of rotatable bonds is 7. The van der Waals surface area contributed by atoms with Gasteiger partial charge in [-0.3, -0.25) is 10.1 Å².